The molecule has 0 aliphatic carbocycles. The minimum atomic E-state index is -0.486. The molecule has 2 amide bonds. The normalized spacial score (nSPS) is 10.1. The number of rotatable bonds is 5. The minimum absolute atomic E-state index is 0.486. The van der Waals surface area contributed by atoms with Crippen molar-refractivity contribution >= 4 is 22.0 Å². The predicted molar refractivity (Wildman–Crippen MR) is 68.2 cm³/mol. The van der Waals surface area contributed by atoms with Crippen LogP contribution in [0.4, 0.5) is 4.79 Å². The number of hydrogen-bond acceptors (Lipinski definition) is 2. The summed E-state index contributed by atoms with van der Waals surface area (Å²) in [7, 11) is 0. The van der Waals surface area contributed by atoms with Crippen LogP contribution in [0.2, 0.25) is 0 Å². The Labute approximate surface area is 104 Å². The van der Waals surface area contributed by atoms with Crippen molar-refractivity contribution in [1.29, 1.82) is 0 Å². The molecule has 0 saturated heterocycles. The molecule has 0 heterocycles. The molecular formula is C11H16BrN3O. The fraction of sp³-hybridized carbons (Fsp3) is 0.364. The summed E-state index contributed by atoms with van der Waals surface area (Å²) in [4.78, 5) is 10.4. The number of aryl methyl sites for hydroxylation is 1. The van der Waals surface area contributed by atoms with Crippen LogP contribution in [0, 0.1) is 6.92 Å². The fourth-order valence-electron chi connectivity index (χ4n) is 1.25. The Hall–Kier alpha value is -1.07. The number of benzene rings is 1. The highest BCUT2D eigenvalue weighted by molar-refractivity contribution is 9.10. The zero-order valence-corrected chi connectivity index (χ0v) is 10.8. The summed E-state index contributed by atoms with van der Waals surface area (Å²) in [5, 5.41) is 5.73. The predicted octanol–water partition coefficient (Wildman–Crippen LogP) is 1.52. The SMILES string of the molecule is Cc1ccc(CNCCNC(N)=O)cc1Br. The van der Waals surface area contributed by atoms with E-state index in [0.717, 1.165) is 11.0 Å². The molecule has 16 heavy (non-hydrogen) atoms. The number of urea groups is 1. The van der Waals surface area contributed by atoms with Crippen LogP contribution >= 0.6 is 15.9 Å². The molecule has 0 fully saturated rings. The van der Waals surface area contributed by atoms with Crippen LogP contribution < -0.4 is 16.4 Å². The summed E-state index contributed by atoms with van der Waals surface area (Å²) in [6.07, 6.45) is 0. The van der Waals surface area contributed by atoms with Crippen molar-refractivity contribution in [2.24, 2.45) is 5.73 Å². The second-order valence-electron chi connectivity index (χ2n) is 3.55. The molecule has 0 spiro atoms. The van der Waals surface area contributed by atoms with Gasteiger partial charge in [0.2, 0.25) is 0 Å². The average Bonchev–Trinajstić information content (AvgIpc) is 2.22. The molecule has 0 bridgehead atoms. The van der Waals surface area contributed by atoms with Gasteiger partial charge in [0, 0.05) is 24.1 Å². The zero-order valence-electron chi connectivity index (χ0n) is 9.22. The average molecular weight is 286 g/mol. The smallest absolute Gasteiger partial charge is 0.312 e. The topological polar surface area (TPSA) is 67.2 Å². The Morgan fingerprint density at radius 1 is 1.44 bits per heavy atom. The molecule has 0 unspecified atom stereocenters. The molecule has 0 aromatic heterocycles. The maximum absolute atomic E-state index is 10.4. The number of carbonyl (C=O) groups is 1. The highest BCUT2D eigenvalue weighted by Crippen LogP contribution is 2.17. The lowest BCUT2D eigenvalue weighted by molar-refractivity contribution is 0.249. The largest absolute Gasteiger partial charge is 0.352 e. The molecule has 88 valence electrons. The molecule has 0 aliphatic rings. The van der Waals surface area contributed by atoms with E-state index in [4.69, 9.17) is 5.73 Å². The lowest BCUT2D eigenvalue weighted by Crippen LogP contribution is -2.35. The Balaban J connectivity index is 2.27. The molecule has 0 radical (unpaired) electrons. The molecule has 0 aliphatic heterocycles. The number of halogens is 1. The maximum atomic E-state index is 10.4. The van der Waals surface area contributed by atoms with Crippen LogP contribution in [0.1, 0.15) is 11.1 Å². The van der Waals surface area contributed by atoms with Crippen molar-refractivity contribution < 1.29 is 4.79 Å². The Bertz CT molecular complexity index is 368. The van der Waals surface area contributed by atoms with Crippen LogP contribution in [0.5, 0.6) is 0 Å². The first-order chi connectivity index (χ1) is 7.59. The van der Waals surface area contributed by atoms with Gasteiger partial charge in [-0.15, -0.1) is 0 Å². The van der Waals surface area contributed by atoms with Gasteiger partial charge in [-0.1, -0.05) is 28.1 Å². The first-order valence-electron chi connectivity index (χ1n) is 5.08. The fourth-order valence-corrected chi connectivity index (χ4v) is 1.68. The summed E-state index contributed by atoms with van der Waals surface area (Å²) >= 11 is 3.49. The van der Waals surface area contributed by atoms with Gasteiger partial charge in [-0.2, -0.15) is 0 Å². The monoisotopic (exact) mass is 285 g/mol. The third-order valence-corrected chi connectivity index (χ3v) is 3.02. The first-order valence-corrected chi connectivity index (χ1v) is 5.88. The number of nitrogens with two attached hydrogens (primary N) is 1. The van der Waals surface area contributed by atoms with E-state index in [9.17, 15) is 4.79 Å². The molecule has 0 saturated carbocycles. The van der Waals surface area contributed by atoms with Gasteiger partial charge in [-0.25, -0.2) is 4.79 Å². The molecular weight excluding hydrogens is 270 g/mol. The van der Waals surface area contributed by atoms with E-state index in [1.54, 1.807) is 0 Å². The molecule has 1 aromatic rings. The van der Waals surface area contributed by atoms with Crippen molar-refractivity contribution in [2.45, 2.75) is 13.5 Å². The van der Waals surface area contributed by atoms with E-state index in [0.29, 0.717) is 13.1 Å². The quantitative estimate of drug-likeness (QED) is 0.718. The molecule has 0 atom stereocenters. The molecule has 5 heteroatoms. The van der Waals surface area contributed by atoms with Crippen molar-refractivity contribution in [2.75, 3.05) is 13.1 Å². The van der Waals surface area contributed by atoms with E-state index >= 15 is 0 Å². The number of nitrogens with one attached hydrogen (secondary N) is 2. The van der Waals surface area contributed by atoms with Crippen LogP contribution in [0.25, 0.3) is 0 Å². The van der Waals surface area contributed by atoms with E-state index < -0.39 is 6.03 Å². The van der Waals surface area contributed by atoms with E-state index in [2.05, 4.69) is 51.7 Å². The summed E-state index contributed by atoms with van der Waals surface area (Å²) in [5.74, 6) is 0. The summed E-state index contributed by atoms with van der Waals surface area (Å²) in [6, 6.07) is 5.75. The van der Waals surface area contributed by atoms with Crippen LogP contribution in [0.15, 0.2) is 22.7 Å². The van der Waals surface area contributed by atoms with Crippen molar-refractivity contribution in [1.82, 2.24) is 10.6 Å². The Kier molecular flexibility index (Phi) is 5.28. The van der Waals surface area contributed by atoms with Crippen LogP contribution in [0.3, 0.4) is 0 Å². The van der Waals surface area contributed by atoms with E-state index in [-0.39, 0.29) is 0 Å². The first kappa shape index (κ1) is 13.0. The van der Waals surface area contributed by atoms with Crippen molar-refractivity contribution in [3.05, 3.63) is 33.8 Å². The molecule has 1 aromatic carbocycles. The Morgan fingerprint density at radius 3 is 2.81 bits per heavy atom. The number of primary amides is 1. The minimum Gasteiger partial charge on any atom is -0.352 e. The lowest BCUT2D eigenvalue weighted by Gasteiger charge is -2.06. The third-order valence-electron chi connectivity index (χ3n) is 2.17. The Morgan fingerprint density at radius 2 is 2.19 bits per heavy atom. The number of carbonyl (C=O) groups excluding carboxylic acids is 1. The zero-order chi connectivity index (χ0) is 12.0. The van der Waals surface area contributed by atoms with E-state index in [1.807, 2.05) is 0 Å². The van der Waals surface area contributed by atoms with Crippen LogP contribution in [-0.4, -0.2) is 19.1 Å². The summed E-state index contributed by atoms with van der Waals surface area (Å²) in [6.45, 7) is 4.08. The summed E-state index contributed by atoms with van der Waals surface area (Å²) < 4.78 is 1.11. The van der Waals surface area contributed by atoms with Gasteiger partial charge in [0.05, 0.1) is 0 Å². The van der Waals surface area contributed by atoms with Gasteiger partial charge >= 0.3 is 6.03 Å². The van der Waals surface area contributed by atoms with Gasteiger partial charge in [-0.3, -0.25) is 0 Å². The molecule has 4 N–H and O–H groups in total. The summed E-state index contributed by atoms with van der Waals surface area (Å²) in [5.41, 5.74) is 7.36. The third kappa shape index (κ3) is 4.63. The van der Waals surface area contributed by atoms with Gasteiger partial charge < -0.3 is 16.4 Å². The van der Waals surface area contributed by atoms with Gasteiger partial charge in [-0.05, 0) is 24.1 Å². The van der Waals surface area contributed by atoms with Gasteiger partial charge in [0.15, 0.2) is 0 Å². The lowest BCUT2D eigenvalue weighted by atomic mass is 10.1. The van der Waals surface area contributed by atoms with Gasteiger partial charge in [0.1, 0.15) is 0 Å². The van der Waals surface area contributed by atoms with Gasteiger partial charge in [0.25, 0.3) is 0 Å². The van der Waals surface area contributed by atoms with Crippen molar-refractivity contribution in [3.8, 4) is 0 Å². The maximum Gasteiger partial charge on any atom is 0.312 e. The number of hydrogen-bond donors (Lipinski definition) is 3. The highest BCUT2D eigenvalue weighted by atomic mass is 79.9. The highest BCUT2D eigenvalue weighted by Gasteiger charge is 1.97. The van der Waals surface area contributed by atoms with Crippen molar-refractivity contribution in [3.63, 3.8) is 0 Å². The van der Waals surface area contributed by atoms with E-state index in [1.165, 1.54) is 11.1 Å². The molecule has 4 nitrogen and oxygen atoms in total. The second-order valence-corrected chi connectivity index (χ2v) is 4.41. The molecule has 1 rings (SSSR count). The standard InChI is InChI=1S/C11H16BrN3O/c1-8-2-3-9(6-10(8)12)7-14-4-5-15-11(13)16/h2-3,6,14H,4-5,7H2,1H3,(H3,13,15,16). The van der Waals surface area contributed by atoms with Crippen LogP contribution in [-0.2, 0) is 6.54 Å². The second kappa shape index (κ2) is 6.50. The number of amides is 2.